The van der Waals surface area contributed by atoms with E-state index in [4.69, 9.17) is 23.1 Å². The molecule has 2 aromatic rings. The Labute approximate surface area is 127 Å². The SMILES string of the molecule is CC1(C)N=C(N)N=C(N)N1c1ccc(Cl)c2ccccc12. The fraction of sp³-hybridized carbons (Fsp3) is 0.200. The number of nitrogens with zero attached hydrogens (tertiary/aromatic N) is 3. The number of hydrogen-bond acceptors (Lipinski definition) is 5. The summed E-state index contributed by atoms with van der Waals surface area (Å²) in [5.41, 5.74) is 12.1. The summed E-state index contributed by atoms with van der Waals surface area (Å²) in [5.74, 6) is 0.506. The van der Waals surface area contributed by atoms with E-state index in [1.54, 1.807) is 0 Å². The molecule has 0 saturated heterocycles. The Morgan fingerprint density at radius 1 is 1.05 bits per heavy atom. The van der Waals surface area contributed by atoms with Crippen LogP contribution in [0.2, 0.25) is 5.02 Å². The quantitative estimate of drug-likeness (QED) is 0.850. The summed E-state index contributed by atoms with van der Waals surface area (Å²) in [4.78, 5) is 10.3. The first-order chi connectivity index (χ1) is 9.90. The van der Waals surface area contributed by atoms with Crippen LogP contribution in [-0.2, 0) is 0 Å². The third-order valence-corrected chi connectivity index (χ3v) is 3.81. The molecule has 1 aliphatic rings. The molecule has 0 spiro atoms. The van der Waals surface area contributed by atoms with E-state index in [1.165, 1.54) is 0 Å². The highest BCUT2D eigenvalue weighted by atomic mass is 35.5. The van der Waals surface area contributed by atoms with Crippen molar-refractivity contribution in [3.63, 3.8) is 0 Å². The molecule has 0 radical (unpaired) electrons. The minimum Gasteiger partial charge on any atom is -0.369 e. The molecule has 3 rings (SSSR count). The van der Waals surface area contributed by atoms with E-state index in [0.29, 0.717) is 11.0 Å². The number of aliphatic imine (C=N–C) groups is 2. The zero-order valence-corrected chi connectivity index (χ0v) is 12.6. The van der Waals surface area contributed by atoms with Crippen molar-refractivity contribution < 1.29 is 0 Å². The fourth-order valence-electron chi connectivity index (χ4n) is 2.66. The molecule has 0 bridgehead atoms. The number of anilines is 1. The van der Waals surface area contributed by atoms with Crippen LogP contribution in [0.15, 0.2) is 46.4 Å². The molecule has 0 amide bonds. The lowest BCUT2D eigenvalue weighted by molar-refractivity contribution is 0.535. The van der Waals surface area contributed by atoms with Gasteiger partial charge in [0.1, 0.15) is 5.66 Å². The fourth-order valence-corrected chi connectivity index (χ4v) is 2.89. The lowest BCUT2D eigenvalue weighted by atomic mass is 10.1. The van der Waals surface area contributed by atoms with Crippen molar-refractivity contribution in [2.24, 2.45) is 21.5 Å². The molecule has 0 saturated carbocycles. The molecule has 1 heterocycles. The molecule has 0 aliphatic carbocycles. The zero-order chi connectivity index (χ0) is 15.2. The maximum Gasteiger partial charge on any atom is 0.220 e. The van der Waals surface area contributed by atoms with Crippen molar-refractivity contribution in [1.29, 1.82) is 0 Å². The summed E-state index contributed by atoms with van der Waals surface area (Å²) in [6, 6.07) is 11.7. The van der Waals surface area contributed by atoms with Crippen LogP contribution in [-0.4, -0.2) is 17.6 Å². The predicted molar refractivity (Wildman–Crippen MR) is 88.8 cm³/mol. The molecule has 1 aliphatic heterocycles. The third-order valence-electron chi connectivity index (χ3n) is 3.48. The van der Waals surface area contributed by atoms with Gasteiger partial charge in [0.25, 0.3) is 0 Å². The average molecular weight is 302 g/mol. The summed E-state index contributed by atoms with van der Waals surface area (Å²) in [5, 5.41) is 2.65. The number of guanidine groups is 2. The molecule has 0 aromatic heterocycles. The molecule has 21 heavy (non-hydrogen) atoms. The standard InChI is InChI=1S/C15H16ClN5/c1-15(2)20-13(17)19-14(18)21(15)12-8-7-11(16)9-5-3-4-6-10(9)12/h3-8H,1-2H3,(H4,17,18,19,20). The average Bonchev–Trinajstić information content (AvgIpc) is 2.39. The highest BCUT2D eigenvalue weighted by Crippen LogP contribution is 2.36. The molecule has 108 valence electrons. The van der Waals surface area contributed by atoms with Gasteiger partial charge in [0.15, 0.2) is 0 Å². The van der Waals surface area contributed by atoms with Gasteiger partial charge >= 0.3 is 0 Å². The van der Waals surface area contributed by atoms with Crippen LogP contribution >= 0.6 is 11.6 Å². The van der Waals surface area contributed by atoms with Crippen molar-refractivity contribution >= 4 is 40.0 Å². The first-order valence-electron chi connectivity index (χ1n) is 6.57. The molecular weight excluding hydrogens is 286 g/mol. The van der Waals surface area contributed by atoms with Crippen LogP contribution in [0.5, 0.6) is 0 Å². The van der Waals surface area contributed by atoms with E-state index in [1.807, 2.05) is 55.1 Å². The van der Waals surface area contributed by atoms with Gasteiger partial charge in [-0.2, -0.15) is 4.99 Å². The second kappa shape index (κ2) is 4.63. The predicted octanol–water partition coefficient (Wildman–Crippen LogP) is 2.68. The van der Waals surface area contributed by atoms with Crippen molar-refractivity contribution in [3.8, 4) is 0 Å². The third kappa shape index (κ3) is 2.19. The van der Waals surface area contributed by atoms with Crippen LogP contribution in [0.3, 0.4) is 0 Å². The van der Waals surface area contributed by atoms with Crippen LogP contribution < -0.4 is 16.4 Å². The summed E-state index contributed by atoms with van der Waals surface area (Å²) >= 11 is 6.27. The highest BCUT2D eigenvalue weighted by molar-refractivity contribution is 6.36. The van der Waals surface area contributed by atoms with Gasteiger partial charge < -0.3 is 11.5 Å². The molecule has 6 heteroatoms. The Bertz CT molecular complexity index is 779. The van der Waals surface area contributed by atoms with Crippen LogP contribution in [0.25, 0.3) is 10.8 Å². The Balaban J connectivity index is 2.26. The molecular formula is C15H16ClN5. The van der Waals surface area contributed by atoms with E-state index >= 15 is 0 Å². The van der Waals surface area contributed by atoms with E-state index in [-0.39, 0.29) is 5.96 Å². The number of halogens is 1. The van der Waals surface area contributed by atoms with Crippen molar-refractivity contribution in [2.75, 3.05) is 4.90 Å². The zero-order valence-electron chi connectivity index (χ0n) is 11.8. The summed E-state index contributed by atoms with van der Waals surface area (Å²) < 4.78 is 0. The van der Waals surface area contributed by atoms with Crippen LogP contribution in [0, 0.1) is 0 Å². The second-order valence-corrected chi connectivity index (χ2v) is 5.79. The molecule has 0 fully saturated rings. The minimum absolute atomic E-state index is 0.187. The van der Waals surface area contributed by atoms with Gasteiger partial charge in [-0.1, -0.05) is 35.9 Å². The maximum absolute atomic E-state index is 6.27. The van der Waals surface area contributed by atoms with Gasteiger partial charge in [0, 0.05) is 15.8 Å². The van der Waals surface area contributed by atoms with Gasteiger partial charge in [-0.05, 0) is 26.0 Å². The van der Waals surface area contributed by atoms with E-state index < -0.39 is 5.66 Å². The first kappa shape index (κ1) is 13.7. The van der Waals surface area contributed by atoms with Gasteiger partial charge in [-0.15, -0.1) is 0 Å². The van der Waals surface area contributed by atoms with Crippen LogP contribution in [0.1, 0.15) is 13.8 Å². The summed E-state index contributed by atoms with van der Waals surface area (Å²) in [6.45, 7) is 3.87. The number of nitrogens with two attached hydrogens (primary N) is 2. The largest absolute Gasteiger partial charge is 0.369 e. The number of fused-ring (bicyclic) bond motifs is 1. The molecule has 5 nitrogen and oxygen atoms in total. The van der Waals surface area contributed by atoms with E-state index in [2.05, 4.69) is 9.98 Å². The van der Waals surface area contributed by atoms with Gasteiger partial charge in [-0.25, -0.2) is 4.99 Å². The normalized spacial score (nSPS) is 17.6. The van der Waals surface area contributed by atoms with Gasteiger partial charge in [0.2, 0.25) is 11.9 Å². The number of hydrogen-bond donors (Lipinski definition) is 2. The Morgan fingerprint density at radius 3 is 2.38 bits per heavy atom. The summed E-state index contributed by atoms with van der Waals surface area (Å²) in [6.07, 6.45) is 0. The summed E-state index contributed by atoms with van der Waals surface area (Å²) in [7, 11) is 0. The lowest BCUT2D eigenvalue weighted by Gasteiger charge is -2.39. The van der Waals surface area contributed by atoms with Gasteiger partial charge in [0.05, 0.1) is 5.69 Å². The number of benzene rings is 2. The maximum atomic E-state index is 6.27. The molecule has 2 aromatic carbocycles. The lowest BCUT2D eigenvalue weighted by Crippen LogP contribution is -2.54. The smallest absolute Gasteiger partial charge is 0.220 e. The highest BCUT2D eigenvalue weighted by Gasteiger charge is 2.33. The topological polar surface area (TPSA) is 80.0 Å². The number of rotatable bonds is 1. The second-order valence-electron chi connectivity index (χ2n) is 5.38. The Kier molecular flexibility index (Phi) is 3.02. The van der Waals surface area contributed by atoms with E-state index in [0.717, 1.165) is 16.5 Å². The molecule has 4 N–H and O–H groups in total. The van der Waals surface area contributed by atoms with E-state index in [9.17, 15) is 0 Å². The Morgan fingerprint density at radius 2 is 1.71 bits per heavy atom. The minimum atomic E-state index is -0.619. The molecule has 0 unspecified atom stereocenters. The van der Waals surface area contributed by atoms with Gasteiger partial charge in [-0.3, -0.25) is 4.90 Å². The van der Waals surface area contributed by atoms with Crippen LogP contribution in [0.4, 0.5) is 5.69 Å². The first-order valence-corrected chi connectivity index (χ1v) is 6.95. The molecule has 0 atom stereocenters. The Hall–Kier alpha value is -2.27. The van der Waals surface area contributed by atoms with Crippen molar-refractivity contribution in [2.45, 2.75) is 19.5 Å². The monoisotopic (exact) mass is 301 g/mol. The van der Waals surface area contributed by atoms with Crippen molar-refractivity contribution in [1.82, 2.24) is 0 Å². The van der Waals surface area contributed by atoms with Crippen molar-refractivity contribution in [3.05, 3.63) is 41.4 Å².